The van der Waals surface area contributed by atoms with Gasteiger partial charge in [0.05, 0.1) is 0 Å². The largest absolute Gasteiger partial charge is 0.340 e. The second-order valence-electron chi connectivity index (χ2n) is 3.25. The van der Waals surface area contributed by atoms with Crippen LogP contribution in [0.2, 0.25) is 0 Å². The van der Waals surface area contributed by atoms with E-state index < -0.39 is 12.0 Å². The number of nitrogens with one attached hydrogen (secondary N) is 1. The first kappa shape index (κ1) is 10.5. The van der Waals surface area contributed by atoms with Crippen LogP contribution in [0.4, 0.5) is 20.3 Å². The van der Waals surface area contributed by atoms with E-state index in [0.29, 0.717) is 5.69 Å². The SMILES string of the molecule is Cc1c(F)nc(F)nc1Nc1ccccc1. The van der Waals surface area contributed by atoms with Gasteiger partial charge >= 0.3 is 6.08 Å². The minimum absolute atomic E-state index is 0.135. The summed E-state index contributed by atoms with van der Waals surface area (Å²) in [4.78, 5) is 6.49. The molecule has 0 aliphatic carbocycles. The van der Waals surface area contributed by atoms with E-state index in [1.54, 1.807) is 12.1 Å². The lowest BCUT2D eigenvalue weighted by Gasteiger charge is -2.08. The average Bonchev–Trinajstić information content (AvgIpc) is 2.27. The standard InChI is InChI=1S/C11H9F2N3/c1-7-9(12)15-11(13)16-10(7)14-8-5-3-2-4-6-8/h2-6H,1H3,(H,14,15,16). The van der Waals surface area contributed by atoms with Crippen LogP contribution in [0.1, 0.15) is 5.56 Å². The molecule has 0 saturated heterocycles. The first-order chi connectivity index (χ1) is 7.66. The smallest absolute Gasteiger partial charge is 0.313 e. The molecule has 3 nitrogen and oxygen atoms in total. The molecule has 0 spiro atoms. The molecule has 0 aliphatic rings. The number of aromatic nitrogens is 2. The predicted molar refractivity (Wildman–Crippen MR) is 56.4 cm³/mol. The topological polar surface area (TPSA) is 37.8 Å². The van der Waals surface area contributed by atoms with E-state index in [2.05, 4.69) is 15.3 Å². The Morgan fingerprint density at radius 3 is 2.44 bits per heavy atom. The molecule has 0 saturated carbocycles. The van der Waals surface area contributed by atoms with Crippen LogP contribution in [0.25, 0.3) is 0 Å². The van der Waals surface area contributed by atoms with E-state index in [9.17, 15) is 8.78 Å². The van der Waals surface area contributed by atoms with E-state index in [-0.39, 0.29) is 11.4 Å². The van der Waals surface area contributed by atoms with Crippen molar-refractivity contribution < 1.29 is 8.78 Å². The van der Waals surface area contributed by atoms with Gasteiger partial charge in [0.1, 0.15) is 5.82 Å². The Hall–Kier alpha value is -2.04. The summed E-state index contributed by atoms with van der Waals surface area (Å²) < 4.78 is 25.9. The summed E-state index contributed by atoms with van der Waals surface area (Å²) in [6.45, 7) is 1.49. The lowest BCUT2D eigenvalue weighted by molar-refractivity contribution is 0.480. The van der Waals surface area contributed by atoms with Crippen LogP contribution in [0.3, 0.4) is 0 Å². The quantitative estimate of drug-likeness (QED) is 0.626. The monoisotopic (exact) mass is 221 g/mol. The zero-order chi connectivity index (χ0) is 11.5. The average molecular weight is 221 g/mol. The highest BCUT2D eigenvalue weighted by atomic mass is 19.1. The Morgan fingerprint density at radius 1 is 1.06 bits per heavy atom. The zero-order valence-corrected chi connectivity index (χ0v) is 8.54. The summed E-state index contributed by atoms with van der Waals surface area (Å²) in [5.74, 6) is -0.720. The van der Waals surface area contributed by atoms with Gasteiger partial charge in [-0.15, -0.1) is 0 Å². The lowest BCUT2D eigenvalue weighted by Crippen LogP contribution is -2.04. The number of hydrogen-bond donors (Lipinski definition) is 1. The number of benzene rings is 1. The van der Waals surface area contributed by atoms with Gasteiger partial charge in [0, 0.05) is 11.3 Å². The highest BCUT2D eigenvalue weighted by molar-refractivity contribution is 5.58. The molecular formula is C11H9F2N3. The fourth-order valence-corrected chi connectivity index (χ4v) is 1.24. The van der Waals surface area contributed by atoms with Gasteiger partial charge in [0.15, 0.2) is 0 Å². The highest BCUT2D eigenvalue weighted by Crippen LogP contribution is 2.19. The van der Waals surface area contributed by atoms with E-state index >= 15 is 0 Å². The maximum atomic E-state index is 13.1. The van der Waals surface area contributed by atoms with Gasteiger partial charge in [-0.1, -0.05) is 18.2 Å². The van der Waals surface area contributed by atoms with Gasteiger partial charge in [0.25, 0.3) is 0 Å². The lowest BCUT2D eigenvalue weighted by atomic mass is 10.3. The molecule has 1 aromatic heterocycles. The fraction of sp³-hybridized carbons (Fsp3) is 0.0909. The van der Waals surface area contributed by atoms with Gasteiger partial charge in [-0.2, -0.15) is 18.7 Å². The van der Waals surface area contributed by atoms with Crippen LogP contribution < -0.4 is 5.32 Å². The first-order valence-electron chi connectivity index (χ1n) is 4.68. The number of hydrogen-bond acceptors (Lipinski definition) is 3. The number of nitrogens with zero attached hydrogens (tertiary/aromatic N) is 2. The zero-order valence-electron chi connectivity index (χ0n) is 8.54. The maximum absolute atomic E-state index is 13.1. The van der Waals surface area contributed by atoms with Crippen LogP contribution in [-0.2, 0) is 0 Å². The summed E-state index contributed by atoms with van der Waals surface area (Å²) in [5.41, 5.74) is 0.897. The molecule has 1 heterocycles. The molecule has 0 radical (unpaired) electrons. The molecule has 16 heavy (non-hydrogen) atoms. The molecule has 0 unspecified atom stereocenters. The molecule has 0 amide bonds. The Morgan fingerprint density at radius 2 is 1.75 bits per heavy atom. The first-order valence-corrected chi connectivity index (χ1v) is 4.68. The molecular weight excluding hydrogens is 212 g/mol. The summed E-state index contributed by atoms with van der Waals surface area (Å²) in [6.07, 6.45) is -1.08. The van der Waals surface area contributed by atoms with Crippen LogP contribution in [0.5, 0.6) is 0 Å². The Kier molecular flexibility index (Phi) is 2.76. The summed E-state index contributed by atoms with van der Waals surface area (Å²) in [7, 11) is 0. The van der Waals surface area contributed by atoms with Gasteiger partial charge < -0.3 is 5.32 Å². The summed E-state index contributed by atoms with van der Waals surface area (Å²) in [6, 6.07) is 9.02. The van der Waals surface area contributed by atoms with Crippen LogP contribution in [0, 0.1) is 18.9 Å². The summed E-state index contributed by atoms with van der Waals surface area (Å²) >= 11 is 0. The molecule has 1 aromatic carbocycles. The Bertz CT molecular complexity index is 500. The molecule has 0 bridgehead atoms. The van der Waals surface area contributed by atoms with Crippen molar-refractivity contribution in [3.63, 3.8) is 0 Å². The van der Waals surface area contributed by atoms with Crippen molar-refractivity contribution in [1.29, 1.82) is 0 Å². The van der Waals surface area contributed by atoms with Crippen molar-refractivity contribution >= 4 is 11.5 Å². The van der Waals surface area contributed by atoms with Crippen molar-refractivity contribution in [3.05, 3.63) is 47.9 Å². The van der Waals surface area contributed by atoms with E-state index in [0.717, 1.165) is 0 Å². The highest BCUT2D eigenvalue weighted by Gasteiger charge is 2.10. The Balaban J connectivity index is 2.35. The van der Waals surface area contributed by atoms with Gasteiger partial charge in [-0.3, -0.25) is 0 Å². The van der Waals surface area contributed by atoms with Crippen molar-refractivity contribution in [2.75, 3.05) is 5.32 Å². The van der Waals surface area contributed by atoms with Crippen LogP contribution in [0.15, 0.2) is 30.3 Å². The third-order valence-corrected chi connectivity index (χ3v) is 2.10. The Labute approximate surface area is 91.2 Å². The van der Waals surface area contributed by atoms with E-state index in [1.165, 1.54) is 6.92 Å². The minimum Gasteiger partial charge on any atom is -0.340 e. The third-order valence-electron chi connectivity index (χ3n) is 2.10. The van der Waals surface area contributed by atoms with Crippen molar-refractivity contribution in [1.82, 2.24) is 9.97 Å². The molecule has 0 aliphatic heterocycles. The third kappa shape index (κ3) is 2.13. The number of anilines is 2. The van der Waals surface area contributed by atoms with Gasteiger partial charge in [-0.05, 0) is 19.1 Å². The maximum Gasteiger partial charge on any atom is 0.313 e. The van der Waals surface area contributed by atoms with Crippen molar-refractivity contribution in [2.24, 2.45) is 0 Å². The minimum atomic E-state index is -1.08. The van der Waals surface area contributed by atoms with Crippen LogP contribution >= 0.6 is 0 Å². The summed E-state index contributed by atoms with van der Waals surface area (Å²) in [5, 5.41) is 2.82. The van der Waals surface area contributed by atoms with Crippen molar-refractivity contribution in [2.45, 2.75) is 6.92 Å². The molecule has 1 N–H and O–H groups in total. The molecule has 2 rings (SSSR count). The van der Waals surface area contributed by atoms with E-state index in [1.807, 2.05) is 18.2 Å². The number of halogens is 2. The van der Waals surface area contributed by atoms with E-state index in [4.69, 9.17) is 0 Å². The number of para-hydroxylation sites is 1. The van der Waals surface area contributed by atoms with Gasteiger partial charge in [-0.25, -0.2) is 0 Å². The van der Waals surface area contributed by atoms with Gasteiger partial charge in [0.2, 0.25) is 5.95 Å². The molecule has 0 atom stereocenters. The van der Waals surface area contributed by atoms with Crippen LogP contribution in [-0.4, -0.2) is 9.97 Å². The number of rotatable bonds is 2. The second-order valence-corrected chi connectivity index (χ2v) is 3.25. The molecule has 82 valence electrons. The normalized spacial score (nSPS) is 10.2. The predicted octanol–water partition coefficient (Wildman–Crippen LogP) is 2.81. The second kappa shape index (κ2) is 4.22. The molecule has 5 heteroatoms. The molecule has 2 aromatic rings. The molecule has 0 fully saturated rings. The fourth-order valence-electron chi connectivity index (χ4n) is 1.24. The van der Waals surface area contributed by atoms with Crippen molar-refractivity contribution in [3.8, 4) is 0 Å².